The van der Waals surface area contributed by atoms with Gasteiger partial charge in [-0.15, -0.1) is 0 Å². The monoisotopic (exact) mass is 325 g/mol. The average Bonchev–Trinajstić information content (AvgIpc) is 2.94. The van der Waals surface area contributed by atoms with Gasteiger partial charge in [0, 0.05) is 30.2 Å². The Bertz CT molecular complexity index is 798. The molecule has 24 heavy (non-hydrogen) atoms. The summed E-state index contributed by atoms with van der Waals surface area (Å²) in [7, 11) is 3.17. The number of ether oxygens (including phenoxy) is 2. The number of anilines is 1. The minimum Gasteiger partial charge on any atom is -0.497 e. The predicted molar refractivity (Wildman–Crippen MR) is 90.7 cm³/mol. The third kappa shape index (κ3) is 3.40. The molecule has 3 rings (SSSR count). The number of carbonyl (C=O) groups excluding carboxylic acids is 2. The van der Waals surface area contributed by atoms with Crippen molar-refractivity contribution in [3.05, 3.63) is 53.1 Å². The lowest BCUT2D eigenvalue weighted by Gasteiger charge is -2.10. The molecule has 1 aliphatic heterocycles. The highest BCUT2D eigenvalue weighted by atomic mass is 16.5. The number of benzene rings is 2. The van der Waals surface area contributed by atoms with Gasteiger partial charge in [-0.05, 0) is 23.3 Å². The second-order valence-corrected chi connectivity index (χ2v) is 5.79. The van der Waals surface area contributed by atoms with Crippen molar-refractivity contribution in [2.24, 2.45) is 0 Å². The lowest BCUT2D eigenvalue weighted by molar-refractivity contribution is -0.118. The number of methoxy groups -OCH3 is 2. The molecule has 124 valence electrons. The lowest BCUT2D eigenvalue weighted by Crippen LogP contribution is -2.08. The molecule has 5 nitrogen and oxygen atoms in total. The van der Waals surface area contributed by atoms with E-state index in [9.17, 15) is 9.59 Å². The summed E-state index contributed by atoms with van der Waals surface area (Å²) in [4.78, 5) is 23.8. The van der Waals surface area contributed by atoms with Gasteiger partial charge in [0.15, 0.2) is 0 Å². The van der Waals surface area contributed by atoms with Crippen molar-refractivity contribution in [2.75, 3.05) is 19.5 Å². The van der Waals surface area contributed by atoms with Crippen LogP contribution in [-0.4, -0.2) is 25.9 Å². The van der Waals surface area contributed by atoms with Crippen molar-refractivity contribution < 1.29 is 19.1 Å². The van der Waals surface area contributed by atoms with Gasteiger partial charge in [-0.1, -0.05) is 18.2 Å². The molecule has 0 bridgehead atoms. The van der Waals surface area contributed by atoms with Gasteiger partial charge in [0.1, 0.15) is 17.3 Å². The standard InChI is InChI=1S/C19H19NO4/c1-23-16-5-4-13(18(11-16)24-2)9-15(21)8-12-3-6-17-14(7-12)10-19(22)20-17/h3-7,11H,8-10H2,1-2H3,(H,20,22). The largest absolute Gasteiger partial charge is 0.497 e. The Morgan fingerprint density at radius 2 is 1.92 bits per heavy atom. The molecule has 0 saturated carbocycles. The van der Waals surface area contributed by atoms with Gasteiger partial charge in [-0.25, -0.2) is 0 Å². The summed E-state index contributed by atoms with van der Waals surface area (Å²) < 4.78 is 10.5. The van der Waals surface area contributed by atoms with Crippen LogP contribution in [-0.2, 0) is 28.9 Å². The van der Waals surface area contributed by atoms with E-state index in [1.807, 2.05) is 30.3 Å². The number of nitrogens with one attached hydrogen (secondary N) is 1. The van der Waals surface area contributed by atoms with Gasteiger partial charge in [0.05, 0.1) is 20.6 Å². The fourth-order valence-corrected chi connectivity index (χ4v) is 2.89. The summed E-state index contributed by atoms with van der Waals surface area (Å²) in [6.45, 7) is 0. The number of hydrogen-bond donors (Lipinski definition) is 1. The first-order chi connectivity index (χ1) is 11.6. The Labute approximate surface area is 140 Å². The van der Waals surface area contributed by atoms with Crippen LogP contribution in [0.1, 0.15) is 16.7 Å². The molecule has 0 spiro atoms. The molecule has 0 fully saturated rings. The van der Waals surface area contributed by atoms with Crippen molar-refractivity contribution in [1.29, 1.82) is 0 Å². The van der Waals surface area contributed by atoms with Crippen LogP contribution in [0.15, 0.2) is 36.4 Å². The van der Waals surface area contributed by atoms with E-state index in [1.165, 1.54) is 0 Å². The summed E-state index contributed by atoms with van der Waals surface area (Å²) >= 11 is 0. The number of fused-ring (bicyclic) bond motifs is 1. The van der Waals surface area contributed by atoms with Gasteiger partial charge in [0.25, 0.3) is 0 Å². The quantitative estimate of drug-likeness (QED) is 0.886. The minimum absolute atomic E-state index is 0.00329. The molecule has 0 atom stereocenters. The van der Waals surface area contributed by atoms with Crippen LogP contribution < -0.4 is 14.8 Å². The maximum Gasteiger partial charge on any atom is 0.228 e. The van der Waals surface area contributed by atoms with Gasteiger partial charge in [-0.3, -0.25) is 9.59 Å². The van der Waals surface area contributed by atoms with E-state index in [4.69, 9.17) is 9.47 Å². The molecule has 2 aromatic rings. The molecule has 1 heterocycles. The topological polar surface area (TPSA) is 64.6 Å². The zero-order valence-corrected chi connectivity index (χ0v) is 13.7. The van der Waals surface area contributed by atoms with E-state index < -0.39 is 0 Å². The molecule has 0 aliphatic carbocycles. The van der Waals surface area contributed by atoms with Crippen LogP contribution in [0.4, 0.5) is 5.69 Å². The average molecular weight is 325 g/mol. The number of ketones is 1. The first kappa shape index (κ1) is 16.1. The van der Waals surface area contributed by atoms with Crippen LogP contribution in [0.2, 0.25) is 0 Å². The molecule has 1 amide bonds. The second-order valence-electron chi connectivity index (χ2n) is 5.79. The third-order valence-corrected chi connectivity index (χ3v) is 4.08. The molecule has 1 N–H and O–H groups in total. The minimum atomic E-state index is -0.00329. The molecule has 2 aromatic carbocycles. The van der Waals surface area contributed by atoms with E-state index in [2.05, 4.69) is 5.32 Å². The summed E-state index contributed by atoms with van der Waals surface area (Å²) in [5.41, 5.74) is 3.55. The Hall–Kier alpha value is -2.82. The first-order valence-corrected chi connectivity index (χ1v) is 7.73. The molecule has 0 radical (unpaired) electrons. The second kappa shape index (κ2) is 6.74. The maximum atomic E-state index is 12.4. The fourth-order valence-electron chi connectivity index (χ4n) is 2.89. The highest BCUT2D eigenvalue weighted by molar-refractivity contribution is 5.99. The molecule has 1 aliphatic rings. The van der Waals surface area contributed by atoms with Crippen LogP contribution in [0.3, 0.4) is 0 Å². The summed E-state index contributed by atoms with van der Waals surface area (Å²) in [5.74, 6) is 1.43. The molecule has 5 heteroatoms. The van der Waals surface area contributed by atoms with Crippen molar-refractivity contribution in [3.8, 4) is 11.5 Å². The molecule has 0 unspecified atom stereocenters. The Kier molecular flexibility index (Phi) is 4.51. The summed E-state index contributed by atoms with van der Waals surface area (Å²) in [6, 6.07) is 11.1. The normalized spacial score (nSPS) is 12.5. The van der Waals surface area contributed by atoms with E-state index in [-0.39, 0.29) is 11.7 Å². The van der Waals surface area contributed by atoms with Gasteiger partial charge < -0.3 is 14.8 Å². The van der Waals surface area contributed by atoms with Crippen molar-refractivity contribution in [1.82, 2.24) is 0 Å². The molecule has 0 saturated heterocycles. The van der Waals surface area contributed by atoms with E-state index in [1.54, 1.807) is 20.3 Å². The smallest absolute Gasteiger partial charge is 0.228 e. The van der Waals surface area contributed by atoms with Gasteiger partial charge in [-0.2, -0.15) is 0 Å². The third-order valence-electron chi connectivity index (χ3n) is 4.08. The number of hydrogen-bond acceptors (Lipinski definition) is 4. The highest BCUT2D eigenvalue weighted by Crippen LogP contribution is 2.26. The number of carbonyl (C=O) groups is 2. The van der Waals surface area contributed by atoms with Crippen LogP contribution in [0, 0.1) is 0 Å². The van der Waals surface area contributed by atoms with Gasteiger partial charge in [0.2, 0.25) is 5.91 Å². The maximum absolute atomic E-state index is 12.4. The predicted octanol–water partition coefficient (Wildman–Crippen LogP) is 2.55. The zero-order valence-electron chi connectivity index (χ0n) is 13.7. The van der Waals surface area contributed by atoms with E-state index in [0.717, 1.165) is 22.4 Å². The fraction of sp³-hybridized carbons (Fsp3) is 0.263. The van der Waals surface area contributed by atoms with E-state index in [0.29, 0.717) is 30.8 Å². The summed E-state index contributed by atoms with van der Waals surface area (Å²) in [5, 5.41) is 2.79. The molecular weight excluding hydrogens is 306 g/mol. The summed E-state index contributed by atoms with van der Waals surface area (Å²) in [6.07, 6.45) is 1.00. The molecule has 0 aromatic heterocycles. The van der Waals surface area contributed by atoms with Crippen LogP contribution in [0.5, 0.6) is 11.5 Å². The number of rotatable bonds is 6. The highest BCUT2D eigenvalue weighted by Gasteiger charge is 2.18. The van der Waals surface area contributed by atoms with Gasteiger partial charge >= 0.3 is 0 Å². The van der Waals surface area contributed by atoms with Crippen molar-refractivity contribution in [2.45, 2.75) is 19.3 Å². The van der Waals surface area contributed by atoms with E-state index >= 15 is 0 Å². The van der Waals surface area contributed by atoms with Crippen LogP contribution in [0.25, 0.3) is 0 Å². The number of amides is 1. The van der Waals surface area contributed by atoms with Crippen molar-refractivity contribution >= 4 is 17.4 Å². The first-order valence-electron chi connectivity index (χ1n) is 7.73. The number of Topliss-reactive ketones (excluding diaryl/α,β-unsaturated/α-hetero) is 1. The Morgan fingerprint density at radius 1 is 1.08 bits per heavy atom. The Balaban J connectivity index is 1.70. The molecular formula is C19H19NO4. The van der Waals surface area contributed by atoms with Crippen molar-refractivity contribution in [3.63, 3.8) is 0 Å². The SMILES string of the molecule is COc1ccc(CC(=O)Cc2ccc3c(c2)CC(=O)N3)c(OC)c1. The lowest BCUT2D eigenvalue weighted by atomic mass is 10.00. The zero-order chi connectivity index (χ0) is 17.1. The Morgan fingerprint density at radius 3 is 2.67 bits per heavy atom. The van der Waals surface area contributed by atoms with Crippen LogP contribution >= 0.6 is 0 Å².